The first-order valence-electron chi connectivity index (χ1n) is 4.77. The van der Waals surface area contributed by atoms with Crippen LogP contribution in [0.1, 0.15) is 10.4 Å². The van der Waals surface area contributed by atoms with E-state index in [4.69, 9.17) is 5.11 Å². The predicted molar refractivity (Wildman–Crippen MR) is 61.1 cm³/mol. The van der Waals surface area contributed by atoms with Gasteiger partial charge in [0.05, 0.1) is 12.7 Å². The summed E-state index contributed by atoms with van der Waals surface area (Å²) in [7, 11) is 1.15. The van der Waals surface area contributed by atoms with Crippen LogP contribution in [0.25, 0.3) is 0 Å². The van der Waals surface area contributed by atoms with Crippen molar-refractivity contribution >= 4 is 23.8 Å². The maximum absolute atomic E-state index is 11.2. The summed E-state index contributed by atoms with van der Waals surface area (Å²) >= 11 is 0. The zero-order valence-corrected chi connectivity index (χ0v) is 9.39. The lowest BCUT2D eigenvalue weighted by molar-refractivity contribution is 0.0697. The van der Waals surface area contributed by atoms with E-state index in [1.54, 1.807) is 0 Å². The number of hydrogen-bond donors (Lipinski definition) is 4. The largest absolute Gasteiger partial charge is 0.478 e. The lowest BCUT2D eigenvalue weighted by Gasteiger charge is -2.08. The van der Waals surface area contributed by atoms with Crippen molar-refractivity contribution in [2.75, 3.05) is 12.4 Å². The number of carboxylic acid groups (broad SMARTS) is 1. The molecule has 4 N–H and O–H groups in total. The Balaban J connectivity index is 2.49. The van der Waals surface area contributed by atoms with Gasteiger partial charge in [-0.2, -0.15) is 0 Å². The molecule has 1 rings (SSSR count). The maximum atomic E-state index is 11.2. The van der Waals surface area contributed by atoms with Crippen LogP contribution in [0.5, 0.6) is 0 Å². The Bertz CT molecular complexity index is 457. The average molecular weight is 253 g/mol. The Labute approximate surface area is 102 Å². The van der Waals surface area contributed by atoms with Gasteiger partial charge in [-0.15, -0.1) is 0 Å². The van der Waals surface area contributed by atoms with Gasteiger partial charge in [-0.05, 0) is 24.3 Å². The van der Waals surface area contributed by atoms with Crippen LogP contribution in [-0.2, 0) is 4.74 Å². The Morgan fingerprint density at radius 3 is 2.22 bits per heavy atom. The number of ether oxygens (including phenoxy) is 1. The minimum absolute atomic E-state index is 0.105. The number of amides is 3. The van der Waals surface area contributed by atoms with Gasteiger partial charge in [-0.3, -0.25) is 0 Å². The lowest BCUT2D eigenvalue weighted by atomic mass is 10.2. The highest BCUT2D eigenvalue weighted by Crippen LogP contribution is 2.08. The topological polar surface area (TPSA) is 117 Å². The molecule has 96 valence electrons. The summed E-state index contributed by atoms with van der Waals surface area (Å²) in [6.45, 7) is 0. The summed E-state index contributed by atoms with van der Waals surface area (Å²) in [5, 5.41) is 11.0. The predicted octanol–water partition coefficient (Wildman–Crippen LogP) is 0.777. The average Bonchev–Trinajstić information content (AvgIpc) is 2.36. The van der Waals surface area contributed by atoms with Gasteiger partial charge >= 0.3 is 18.1 Å². The first-order chi connectivity index (χ1) is 8.52. The second-order valence-corrected chi connectivity index (χ2v) is 3.08. The number of aromatic carboxylic acids is 1. The summed E-state index contributed by atoms with van der Waals surface area (Å²) < 4.78 is 4.24. The van der Waals surface area contributed by atoms with Crippen molar-refractivity contribution < 1.29 is 24.2 Å². The fourth-order valence-corrected chi connectivity index (χ4v) is 1.02. The van der Waals surface area contributed by atoms with Crippen molar-refractivity contribution in [1.29, 1.82) is 0 Å². The molecule has 0 saturated heterocycles. The molecule has 1 aromatic rings. The highest BCUT2D eigenvalue weighted by molar-refractivity contribution is 5.92. The van der Waals surface area contributed by atoms with Gasteiger partial charge in [0.15, 0.2) is 0 Å². The molecular formula is C10H11N3O5. The molecule has 18 heavy (non-hydrogen) atoms. The fourth-order valence-electron chi connectivity index (χ4n) is 1.02. The molecule has 1 aromatic carbocycles. The smallest absolute Gasteiger partial charge is 0.425 e. The van der Waals surface area contributed by atoms with Crippen LogP contribution in [0.3, 0.4) is 0 Å². The van der Waals surface area contributed by atoms with E-state index in [0.29, 0.717) is 5.69 Å². The minimum Gasteiger partial charge on any atom is -0.478 e. The van der Waals surface area contributed by atoms with Gasteiger partial charge in [0.2, 0.25) is 0 Å². The van der Waals surface area contributed by atoms with Gasteiger partial charge in [0, 0.05) is 5.69 Å². The van der Waals surface area contributed by atoms with E-state index in [-0.39, 0.29) is 5.56 Å². The molecule has 8 heteroatoms. The molecule has 0 atom stereocenters. The number of hydrogen-bond acceptors (Lipinski definition) is 4. The van der Waals surface area contributed by atoms with Crippen LogP contribution in [-0.4, -0.2) is 30.3 Å². The van der Waals surface area contributed by atoms with Crippen LogP contribution >= 0.6 is 0 Å². The van der Waals surface area contributed by atoms with E-state index in [0.717, 1.165) is 7.11 Å². The Morgan fingerprint density at radius 1 is 1.11 bits per heavy atom. The number of urea groups is 1. The third-order valence-corrected chi connectivity index (χ3v) is 1.85. The maximum Gasteiger partial charge on any atom is 0.425 e. The number of nitrogens with one attached hydrogen (secondary N) is 3. The van der Waals surface area contributed by atoms with Gasteiger partial charge < -0.3 is 15.2 Å². The number of methoxy groups -OCH3 is 1. The number of benzene rings is 1. The number of hydrazine groups is 1. The van der Waals surface area contributed by atoms with Gasteiger partial charge in [0.1, 0.15) is 0 Å². The molecule has 3 amide bonds. The third kappa shape index (κ3) is 4.00. The molecule has 0 radical (unpaired) electrons. The van der Waals surface area contributed by atoms with Crippen LogP contribution in [0.2, 0.25) is 0 Å². The molecule has 0 spiro atoms. The van der Waals surface area contributed by atoms with E-state index < -0.39 is 18.1 Å². The molecule has 0 aliphatic rings. The third-order valence-electron chi connectivity index (χ3n) is 1.85. The first-order valence-corrected chi connectivity index (χ1v) is 4.77. The summed E-state index contributed by atoms with van der Waals surface area (Å²) in [6.07, 6.45) is -0.814. The molecule has 0 bridgehead atoms. The van der Waals surface area contributed by atoms with Crippen molar-refractivity contribution in [3.8, 4) is 0 Å². The molecule has 0 saturated carbocycles. The van der Waals surface area contributed by atoms with Crippen molar-refractivity contribution in [2.24, 2.45) is 0 Å². The van der Waals surface area contributed by atoms with E-state index in [1.807, 2.05) is 10.9 Å². The highest BCUT2D eigenvalue weighted by atomic mass is 16.5. The number of carboxylic acids is 1. The Kier molecular flexibility index (Phi) is 4.50. The molecule has 0 aliphatic heterocycles. The Hall–Kier alpha value is -2.77. The summed E-state index contributed by atoms with van der Waals surface area (Å²) in [5.74, 6) is -1.06. The minimum atomic E-state index is -1.06. The molecule has 0 fully saturated rings. The molecule has 0 unspecified atom stereocenters. The molecule has 0 heterocycles. The molecule has 0 aromatic heterocycles. The van der Waals surface area contributed by atoms with Crippen molar-refractivity contribution in [3.05, 3.63) is 29.8 Å². The van der Waals surface area contributed by atoms with Crippen LogP contribution < -0.4 is 16.2 Å². The molecular weight excluding hydrogens is 242 g/mol. The van der Waals surface area contributed by atoms with Crippen LogP contribution in [0, 0.1) is 0 Å². The second kappa shape index (κ2) is 6.09. The lowest BCUT2D eigenvalue weighted by Crippen LogP contribution is -2.43. The second-order valence-electron chi connectivity index (χ2n) is 3.08. The monoisotopic (exact) mass is 253 g/mol. The van der Waals surface area contributed by atoms with Gasteiger partial charge in [-0.25, -0.2) is 25.2 Å². The van der Waals surface area contributed by atoms with Crippen LogP contribution in [0.4, 0.5) is 15.3 Å². The standard InChI is InChI=1S/C10H11N3O5/c1-18-10(17)13-12-9(16)11-7-4-2-6(3-5-7)8(14)15/h2-5H,1H3,(H,13,17)(H,14,15)(H2,11,12,16). The number of carbonyl (C=O) groups excluding carboxylic acids is 2. The number of carbonyl (C=O) groups is 3. The SMILES string of the molecule is COC(=O)NNC(=O)Nc1ccc(C(=O)O)cc1. The summed E-state index contributed by atoms with van der Waals surface area (Å²) in [6, 6.07) is 4.82. The zero-order valence-electron chi connectivity index (χ0n) is 9.39. The number of rotatable bonds is 2. The molecule has 8 nitrogen and oxygen atoms in total. The van der Waals surface area contributed by atoms with Crippen molar-refractivity contribution in [2.45, 2.75) is 0 Å². The zero-order chi connectivity index (χ0) is 13.5. The fraction of sp³-hybridized carbons (Fsp3) is 0.100. The Morgan fingerprint density at radius 2 is 1.72 bits per heavy atom. The van der Waals surface area contributed by atoms with Crippen molar-refractivity contribution in [1.82, 2.24) is 10.9 Å². The summed E-state index contributed by atoms with van der Waals surface area (Å²) in [4.78, 5) is 32.5. The van der Waals surface area contributed by atoms with E-state index >= 15 is 0 Å². The first kappa shape index (κ1) is 13.3. The van der Waals surface area contributed by atoms with E-state index in [9.17, 15) is 14.4 Å². The van der Waals surface area contributed by atoms with E-state index in [1.165, 1.54) is 24.3 Å². The van der Waals surface area contributed by atoms with Crippen molar-refractivity contribution in [3.63, 3.8) is 0 Å². The number of anilines is 1. The molecule has 0 aliphatic carbocycles. The summed E-state index contributed by atoms with van der Waals surface area (Å²) in [5.41, 5.74) is 4.48. The normalized spacial score (nSPS) is 9.17. The highest BCUT2D eigenvalue weighted by Gasteiger charge is 2.05. The van der Waals surface area contributed by atoms with Crippen LogP contribution in [0.15, 0.2) is 24.3 Å². The van der Waals surface area contributed by atoms with Gasteiger partial charge in [-0.1, -0.05) is 0 Å². The van der Waals surface area contributed by atoms with Gasteiger partial charge in [0.25, 0.3) is 0 Å². The van der Waals surface area contributed by atoms with E-state index in [2.05, 4.69) is 10.1 Å². The quantitative estimate of drug-likeness (QED) is 0.581.